The van der Waals surface area contributed by atoms with Crippen molar-refractivity contribution in [2.75, 3.05) is 13.2 Å². The van der Waals surface area contributed by atoms with Crippen LogP contribution in [0, 0.1) is 0 Å². The van der Waals surface area contributed by atoms with Gasteiger partial charge in [-0.05, 0) is 17.7 Å². The third-order valence-corrected chi connectivity index (χ3v) is 1.66. The Morgan fingerprint density at radius 1 is 1.36 bits per heavy atom. The number of carbonyl (C=O) groups is 1. The maximum Gasteiger partial charge on any atom is 0.221 e. The van der Waals surface area contributed by atoms with Crippen LogP contribution in [0.3, 0.4) is 0 Å². The van der Waals surface area contributed by atoms with Crippen LogP contribution >= 0.6 is 0 Å². The summed E-state index contributed by atoms with van der Waals surface area (Å²) >= 11 is 0. The lowest BCUT2D eigenvalue weighted by atomic mass is 10.1. The second-order valence-electron chi connectivity index (χ2n) is 2.86. The van der Waals surface area contributed by atoms with Gasteiger partial charge in [-0.3, -0.25) is 4.79 Å². The van der Waals surface area contributed by atoms with Crippen LogP contribution in [0.25, 0.3) is 0 Å². The highest BCUT2D eigenvalue weighted by Crippen LogP contribution is 2.12. The lowest BCUT2D eigenvalue weighted by Gasteiger charge is -2.04. The van der Waals surface area contributed by atoms with Crippen LogP contribution in [0.5, 0.6) is 5.75 Å². The first-order chi connectivity index (χ1) is 6.72. The number of aliphatic hydroxyl groups excluding tert-OH is 1. The first-order valence-electron chi connectivity index (χ1n) is 4.33. The molecule has 14 heavy (non-hydrogen) atoms. The van der Waals surface area contributed by atoms with E-state index in [1.54, 1.807) is 24.3 Å². The summed E-state index contributed by atoms with van der Waals surface area (Å²) in [6.45, 7) is 0.262. The first kappa shape index (κ1) is 10.5. The summed E-state index contributed by atoms with van der Waals surface area (Å²) in [5, 5.41) is 8.51. The number of rotatable bonds is 5. The van der Waals surface area contributed by atoms with Gasteiger partial charge in [0.05, 0.1) is 13.0 Å². The average molecular weight is 195 g/mol. The summed E-state index contributed by atoms with van der Waals surface area (Å²) < 4.78 is 5.15. The van der Waals surface area contributed by atoms with E-state index in [2.05, 4.69) is 0 Å². The number of primary amides is 1. The van der Waals surface area contributed by atoms with Gasteiger partial charge in [-0.25, -0.2) is 0 Å². The summed E-state index contributed by atoms with van der Waals surface area (Å²) in [5.41, 5.74) is 5.89. The molecular weight excluding hydrogens is 182 g/mol. The van der Waals surface area contributed by atoms with Crippen molar-refractivity contribution in [3.8, 4) is 5.75 Å². The SMILES string of the molecule is NC(=O)Cc1ccc(OCCO)cc1. The molecule has 0 radical (unpaired) electrons. The smallest absolute Gasteiger partial charge is 0.221 e. The summed E-state index contributed by atoms with van der Waals surface area (Å²) in [5.74, 6) is 0.321. The van der Waals surface area contributed by atoms with E-state index < -0.39 is 0 Å². The molecule has 0 spiro atoms. The van der Waals surface area contributed by atoms with E-state index in [-0.39, 0.29) is 25.5 Å². The fourth-order valence-electron chi connectivity index (χ4n) is 1.07. The summed E-state index contributed by atoms with van der Waals surface area (Å²) in [6, 6.07) is 7.04. The van der Waals surface area contributed by atoms with Crippen molar-refractivity contribution in [3.05, 3.63) is 29.8 Å². The Balaban J connectivity index is 2.54. The van der Waals surface area contributed by atoms with Crippen molar-refractivity contribution in [2.45, 2.75) is 6.42 Å². The molecule has 0 heterocycles. The second-order valence-corrected chi connectivity index (χ2v) is 2.86. The third kappa shape index (κ3) is 3.45. The molecule has 0 atom stereocenters. The average Bonchev–Trinajstić information content (AvgIpc) is 2.16. The van der Waals surface area contributed by atoms with Gasteiger partial charge >= 0.3 is 0 Å². The predicted octanol–water partition coefficient (Wildman–Crippen LogP) is 0.0855. The van der Waals surface area contributed by atoms with E-state index in [1.165, 1.54) is 0 Å². The largest absolute Gasteiger partial charge is 0.491 e. The minimum absolute atomic E-state index is 0.0109. The zero-order valence-corrected chi connectivity index (χ0v) is 7.77. The van der Waals surface area contributed by atoms with Gasteiger partial charge in [0.2, 0.25) is 5.91 Å². The maximum atomic E-state index is 10.6. The normalized spacial score (nSPS) is 9.79. The van der Waals surface area contributed by atoms with E-state index in [0.29, 0.717) is 5.75 Å². The number of hydrogen-bond donors (Lipinski definition) is 2. The molecule has 0 fully saturated rings. The van der Waals surface area contributed by atoms with E-state index in [9.17, 15) is 4.79 Å². The number of amides is 1. The highest BCUT2D eigenvalue weighted by atomic mass is 16.5. The molecule has 0 aliphatic rings. The Morgan fingerprint density at radius 2 is 2.00 bits per heavy atom. The number of carbonyl (C=O) groups excluding carboxylic acids is 1. The predicted molar refractivity (Wildman–Crippen MR) is 51.9 cm³/mol. The topological polar surface area (TPSA) is 72.6 Å². The Bertz CT molecular complexity index is 295. The molecule has 1 rings (SSSR count). The third-order valence-electron chi connectivity index (χ3n) is 1.66. The van der Waals surface area contributed by atoms with E-state index in [4.69, 9.17) is 15.6 Å². The molecular formula is C10H13NO3. The molecule has 3 N–H and O–H groups in total. The lowest BCUT2D eigenvalue weighted by Crippen LogP contribution is -2.13. The van der Waals surface area contributed by atoms with Crippen molar-refractivity contribution in [3.63, 3.8) is 0 Å². The van der Waals surface area contributed by atoms with Crippen LogP contribution in [-0.2, 0) is 11.2 Å². The van der Waals surface area contributed by atoms with Gasteiger partial charge in [-0.15, -0.1) is 0 Å². The van der Waals surface area contributed by atoms with E-state index in [1.807, 2.05) is 0 Å². The molecule has 1 amide bonds. The van der Waals surface area contributed by atoms with Gasteiger partial charge in [0.15, 0.2) is 0 Å². The zero-order chi connectivity index (χ0) is 10.4. The van der Waals surface area contributed by atoms with Gasteiger partial charge in [-0.2, -0.15) is 0 Å². The van der Waals surface area contributed by atoms with Crippen LogP contribution < -0.4 is 10.5 Å². The van der Waals surface area contributed by atoms with Gasteiger partial charge in [0.25, 0.3) is 0 Å². The first-order valence-corrected chi connectivity index (χ1v) is 4.33. The molecule has 1 aromatic rings. The lowest BCUT2D eigenvalue weighted by molar-refractivity contribution is -0.117. The van der Waals surface area contributed by atoms with Gasteiger partial charge < -0.3 is 15.6 Å². The zero-order valence-electron chi connectivity index (χ0n) is 7.77. The van der Waals surface area contributed by atoms with Crippen molar-refractivity contribution in [1.29, 1.82) is 0 Å². The van der Waals surface area contributed by atoms with Crippen molar-refractivity contribution < 1.29 is 14.6 Å². The van der Waals surface area contributed by atoms with Gasteiger partial charge in [0, 0.05) is 0 Å². The number of nitrogens with two attached hydrogens (primary N) is 1. The number of ether oxygens (including phenoxy) is 1. The minimum Gasteiger partial charge on any atom is -0.491 e. The van der Waals surface area contributed by atoms with Crippen molar-refractivity contribution in [2.24, 2.45) is 5.73 Å². The maximum absolute atomic E-state index is 10.6. The second kappa shape index (κ2) is 5.24. The monoisotopic (exact) mass is 195 g/mol. The molecule has 0 aliphatic heterocycles. The molecule has 4 heteroatoms. The molecule has 0 saturated carbocycles. The number of hydrogen-bond acceptors (Lipinski definition) is 3. The summed E-state index contributed by atoms with van der Waals surface area (Å²) in [4.78, 5) is 10.6. The van der Waals surface area contributed by atoms with Crippen LogP contribution in [-0.4, -0.2) is 24.2 Å². The molecule has 1 aromatic carbocycles. The van der Waals surface area contributed by atoms with Crippen LogP contribution in [0.1, 0.15) is 5.56 Å². The Hall–Kier alpha value is -1.55. The molecule has 0 saturated heterocycles. The standard InChI is InChI=1S/C10H13NO3/c11-10(13)7-8-1-3-9(4-2-8)14-6-5-12/h1-4,12H,5-7H2,(H2,11,13). The molecule has 76 valence electrons. The highest BCUT2D eigenvalue weighted by Gasteiger charge is 1.98. The van der Waals surface area contributed by atoms with E-state index in [0.717, 1.165) is 5.56 Å². The van der Waals surface area contributed by atoms with Crippen molar-refractivity contribution >= 4 is 5.91 Å². The molecule has 4 nitrogen and oxygen atoms in total. The Morgan fingerprint density at radius 3 is 2.50 bits per heavy atom. The minimum atomic E-state index is -0.353. The molecule has 0 aromatic heterocycles. The summed E-state index contributed by atoms with van der Waals surface area (Å²) in [7, 11) is 0. The highest BCUT2D eigenvalue weighted by molar-refractivity contribution is 5.76. The molecule has 0 bridgehead atoms. The van der Waals surface area contributed by atoms with Crippen LogP contribution in [0.15, 0.2) is 24.3 Å². The Kier molecular flexibility index (Phi) is 3.94. The van der Waals surface area contributed by atoms with E-state index >= 15 is 0 Å². The fraction of sp³-hybridized carbons (Fsp3) is 0.300. The quantitative estimate of drug-likeness (QED) is 0.699. The van der Waals surface area contributed by atoms with Crippen molar-refractivity contribution in [1.82, 2.24) is 0 Å². The fourth-order valence-corrected chi connectivity index (χ4v) is 1.07. The Labute approximate surface area is 82.3 Å². The van der Waals surface area contributed by atoms with Gasteiger partial charge in [-0.1, -0.05) is 12.1 Å². The molecule has 0 aliphatic carbocycles. The van der Waals surface area contributed by atoms with Crippen LogP contribution in [0.4, 0.5) is 0 Å². The summed E-state index contributed by atoms with van der Waals surface area (Å²) in [6.07, 6.45) is 0.236. The number of benzene rings is 1. The van der Waals surface area contributed by atoms with Gasteiger partial charge in [0.1, 0.15) is 12.4 Å². The van der Waals surface area contributed by atoms with Crippen LogP contribution in [0.2, 0.25) is 0 Å². The number of aliphatic hydroxyl groups is 1. The molecule has 0 unspecified atom stereocenters.